The molecule has 2 aromatic rings. The Hall–Kier alpha value is -2.48. The quantitative estimate of drug-likeness (QED) is 0.828. The predicted molar refractivity (Wildman–Crippen MR) is 90.1 cm³/mol. The summed E-state index contributed by atoms with van der Waals surface area (Å²) in [5.74, 6) is 0.701. The van der Waals surface area contributed by atoms with Crippen LogP contribution < -0.4 is 16.0 Å². The molecule has 4 rings (SSSR count). The predicted octanol–water partition coefficient (Wildman–Crippen LogP) is 1.76. The highest BCUT2D eigenvalue weighted by Crippen LogP contribution is 2.33. The molecule has 1 saturated carbocycles. The summed E-state index contributed by atoms with van der Waals surface area (Å²) < 4.78 is 10.3. The van der Waals surface area contributed by atoms with Crippen LogP contribution in [-0.2, 0) is 11.2 Å². The van der Waals surface area contributed by atoms with E-state index >= 15 is 0 Å². The zero-order valence-corrected chi connectivity index (χ0v) is 13.7. The van der Waals surface area contributed by atoms with Crippen molar-refractivity contribution in [2.24, 2.45) is 11.1 Å². The number of oxime groups is 1. The van der Waals surface area contributed by atoms with Crippen molar-refractivity contribution >= 4 is 16.8 Å². The highest BCUT2D eigenvalue weighted by atomic mass is 16.6. The van der Waals surface area contributed by atoms with Crippen molar-refractivity contribution in [3.63, 3.8) is 0 Å². The minimum absolute atomic E-state index is 0.00998. The van der Waals surface area contributed by atoms with Gasteiger partial charge in [0.25, 0.3) is 5.56 Å². The maximum atomic E-state index is 12.4. The molecule has 25 heavy (non-hydrogen) atoms. The van der Waals surface area contributed by atoms with Crippen LogP contribution >= 0.6 is 0 Å². The number of hydrogen-bond donors (Lipinski definition) is 1. The molecule has 8 nitrogen and oxygen atoms in total. The largest absolute Gasteiger partial charge is 0.403 e. The number of aromatic amines is 1. The minimum Gasteiger partial charge on any atom is -0.403 e. The Bertz CT molecular complexity index is 918. The van der Waals surface area contributed by atoms with E-state index in [0.717, 1.165) is 12.1 Å². The summed E-state index contributed by atoms with van der Waals surface area (Å²) in [7, 11) is 0. The van der Waals surface area contributed by atoms with Crippen molar-refractivity contribution in [2.45, 2.75) is 38.5 Å². The molecule has 132 valence electrons. The minimum atomic E-state index is -0.516. The summed E-state index contributed by atoms with van der Waals surface area (Å²) >= 11 is 0. The number of hydrogen-bond acceptors (Lipinski definition) is 7. The summed E-state index contributed by atoms with van der Waals surface area (Å²) in [6.07, 6.45) is 5.43. The maximum absolute atomic E-state index is 12.4. The lowest BCUT2D eigenvalue weighted by Gasteiger charge is -2.12. The third-order valence-electron chi connectivity index (χ3n) is 4.52. The molecule has 0 atom stereocenters. The molecule has 1 aliphatic carbocycles. The fraction of sp³-hybridized carbons (Fsp3) is 0.529. The fourth-order valence-corrected chi connectivity index (χ4v) is 2.94. The molecule has 0 bridgehead atoms. The number of ether oxygens (including phenoxy) is 1. The molecule has 0 aromatic carbocycles. The van der Waals surface area contributed by atoms with Crippen LogP contribution in [0.25, 0.3) is 11.1 Å². The Kier molecular flexibility index (Phi) is 4.35. The number of rotatable bonds is 5. The average molecular weight is 345 g/mol. The molecule has 8 heteroatoms. The second kappa shape index (κ2) is 6.79. The van der Waals surface area contributed by atoms with Gasteiger partial charge in [0, 0.05) is 18.9 Å². The molecule has 3 heterocycles. The average Bonchev–Trinajstić information content (AvgIpc) is 3.42. The van der Waals surface area contributed by atoms with Crippen LogP contribution in [0.2, 0.25) is 0 Å². The maximum Gasteiger partial charge on any atom is 0.337 e. The van der Waals surface area contributed by atoms with E-state index < -0.39 is 5.63 Å². The van der Waals surface area contributed by atoms with Gasteiger partial charge < -0.3 is 14.0 Å². The number of nitrogens with zero attached hydrogens (tertiary/aromatic N) is 2. The van der Waals surface area contributed by atoms with Crippen LogP contribution in [0, 0.1) is 5.92 Å². The molecular weight excluding hydrogens is 326 g/mol. The molecule has 2 aromatic heterocycles. The highest BCUT2D eigenvalue weighted by Gasteiger charge is 2.22. The Morgan fingerprint density at radius 1 is 1.28 bits per heavy atom. The van der Waals surface area contributed by atoms with Gasteiger partial charge in [-0.1, -0.05) is 18.0 Å². The van der Waals surface area contributed by atoms with E-state index in [1.165, 1.54) is 18.9 Å². The van der Waals surface area contributed by atoms with Crippen molar-refractivity contribution in [2.75, 3.05) is 13.2 Å². The van der Waals surface area contributed by atoms with Gasteiger partial charge in [-0.2, -0.15) is 4.98 Å². The molecule has 2 aliphatic rings. The number of aryl methyl sites for hydroxylation is 1. The lowest BCUT2D eigenvalue weighted by Crippen LogP contribution is -2.17. The topological polar surface area (TPSA) is 107 Å². The van der Waals surface area contributed by atoms with Crippen molar-refractivity contribution in [1.29, 1.82) is 0 Å². The van der Waals surface area contributed by atoms with E-state index in [0.29, 0.717) is 49.3 Å². The molecular formula is C17H19N3O5. The van der Waals surface area contributed by atoms with Crippen molar-refractivity contribution in [3.05, 3.63) is 32.4 Å². The number of aromatic nitrogens is 2. The fourth-order valence-electron chi connectivity index (χ4n) is 2.94. The summed E-state index contributed by atoms with van der Waals surface area (Å²) in [6.45, 7) is 1.20. The SMILES string of the molecule is O=c1cc(CCC2CC2)c2c(=O)[nH]c(ON=C3CCOCC3)nc2o1. The van der Waals surface area contributed by atoms with Crippen LogP contribution in [0.4, 0.5) is 0 Å². The summed E-state index contributed by atoms with van der Waals surface area (Å²) in [6, 6.07) is 1.30. The van der Waals surface area contributed by atoms with Gasteiger partial charge in [-0.05, 0) is 24.3 Å². The van der Waals surface area contributed by atoms with Crippen LogP contribution in [0.1, 0.15) is 37.7 Å². The first-order chi connectivity index (χ1) is 12.2. The van der Waals surface area contributed by atoms with E-state index in [1.54, 1.807) is 0 Å². The van der Waals surface area contributed by atoms with Gasteiger partial charge in [-0.3, -0.25) is 9.78 Å². The van der Waals surface area contributed by atoms with Gasteiger partial charge >= 0.3 is 11.6 Å². The van der Waals surface area contributed by atoms with Gasteiger partial charge in [-0.15, -0.1) is 0 Å². The number of H-pyrrole nitrogens is 1. The highest BCUT2D eigenvalue weighted by molar-refractivity contribution is 5.84. The molecule has 0 spiro atoms. The number of fused-ring (bicyclic) bond motifs is 1. The van der Waals surface area contributed by atoms with Gasteiger partial charge in [0.05, 0.1) is 18.9 Å². The summed E-state index contributed by atoms with van der Waals surface area (Å²) in [5.41, 5.74) is 0.604. The van der Waals surface area contributed by atoms with E-state index in [2.05, 4.69) is 15.1 Å². The molecule has 2 fully saturated rings. The van der Waals surface area contributed by atoms with Crippen molar-refractivity contribution in [1.82, 2.24) is 9.97 Å². The number of nitrogens with one attached hydrogen (secondary N) is 1. The van der Waals surface area contributed by atoms with Gasteiger partial charge in [0.15, 0.2) is 0 Å². The van der Waals surface area contributed by atoms with E-state index in [9.17, 15) is 9.59 Å². The zero-order chi connectivity index (χ0) is 17.2. The first-order valence-corrected chi connectivity index (χ1v) is 8.56. The van der Waals surface area contributed by atoms with E-state index in [-0.39, 0.29) is 17.3 Å². The van der Waals surface area contributed by atoms with Crippen molar-refractivity contribution in [3.8, 4) is 6.01 Å². The Morgan fingerprint density at radius 3 is 2.84 bits per heavy atom. The van der Waals surface area contributed by atoms with Gasteiger partial charge in [0.2, 0.25) is 5.71 Å². The molecule has 1 saturated heterocycles. The summed E-state index contributed by atoms with van der Waals surface area (Å²) in [4.78, 5) is 36.1. The zero-order valence-electron chi connectivity index (χ0n) is 13.7. The normalized spacial score (nSPS) is 17.7. The van der Waals surface area contributed by atoms with Crippen LogP contribution in [0.15, 0.2) is 25.2 Å². The van der Waals surface area contributed by atoms with E-state index in [1.807, 2.05) is 0 Å². The first-order valence-electron chi connectivity index (χ1n) is 8.56. The second-order valence-electron chi connectivity index (χ2n) is 6.49. The van der Waals surface area contributed by atoms with Crippen molar-refractivity contribution < 1.29 is 14.0 Å². The van der Waals surface area contributed by atoms with Gasteiger partial charge in [0.1, 0.15) is 5.39 Å². The molecule has 1 aliphatic heterocycles. The lowest BCUT2D eigenvalue weighted by molar-refractivity contribution is 0.132. The van der Waals surface area contributed by atoms with Crippen LogP contribution in [-0.4, -0.2) is 28.9 Å². The molecule has 0 unspecified atom stereocenters. The monoisotopic (exact) mass is 345 g/mol. The lowest BCUT2D eigenvalue weighted by atomic mass is 10.1. The molecule has 1 N–H and O–H groups in total. The smallest absolute Gasteiger partial charge is 0.337 e. The Morgan fingerprint density at radius 2 is 2.08 bits per heavy atom. The van der Waals surface area contributed by atoms with Crippen LogP contribution in [0.5, 0.6) is 6.01 Å². The van der Waals surface area contributed by atoms with Gasteiger partial charge in [-0.25, -0.2) is 4.79 Å². The third kappa shape index (κ3) is 3.79. The third-order valence-corrected chi connectivity index (χ3v) is 4.52. The van der Waals surface area contributed by atoms with E-state index in [4.69, 9.17) is 14.0 Å². The summed E-state index contributed by atoms with van der Waals surface area (Å²) in [5, 5.41) is 4.31. The standard InChI is InChI=1S/C17H19N3O5/c21-13-9-11(4-3-10-1-2-10)14-15(22)18-17(19-16(14)24-13)25-20-12-5-7-23-8-6-12/h9-10H,1-8H2,(H,18,19,22). The Labute approximate surface area is 142 Å². The molecule has 0 radical (unpaired) electrons. The Balaban J connectivity index is 1.64. The van der Waals surface area contributed by atoms with Crippen LogP contribution in [0.3, 0.4) is 0 Å². The second-order valence-corrected chi connectivity index (χ2v) is 6.49. The first kappa shape index (κ1) is 16.0. The molecule has 0 amide bonds.